The average molecular weight is 263 g/mol. The molecule has 0 unspecified atom stereocenters. The van der Waals surface area contributed by atoms with Crippen LogP contribution in [0.15, 0.2) is 12.1 Å². The molecule has 0 saturated heterocycles. The Bertz CT molecular complexity index is 467. The third kappa shape index (κ3) is 2.14. The van der Waals surface area contributed by atoms with Crippen LogP contribution in [0.5, 0.6) is 17.2 Å². The number of hydrogen-bond acceptors (Lipinski definition) is 4. The molecular weight excluding hydrogens is 242 g/mol. The summed E-state index contributed by atoms with van der Waals surface area (Å²) in [7, 11) is 1.67. The van der Waals surface area contributed by atoms with Gasteiger partial charge in [0.2, 0.25) is 5.75 Å². The van der Waals surface area contributed by atoms with Crippen molar-refractivity contribution < 1.29 is 14.2 Å². The molecule has 1 aliphatic carbocycles. The van der Waals surface area contributed by atoms with Crippen molar-refractivity contribution >= 4 is 0 Å². The molecule has 0 aromatic heterocycles. The van der Waals surface area contributed by atoms with Crippen molar-refractivity contribution in [3.05, 3.63) is 17.7 Å². The number of methoxy groups -OCH3 is 1. The van der Waals surface area contributed by atoms with Crippen molar-refractivity contribution in [3.8, 4) is 17.2 Å². The van der Waals surface area contributed by atoms with Gasteiger partial charge in [0.15, 0.2) is 11.5 Å². The molecule has 1 fully saturated rings. The van der Waals surface area contributed by atoms with Crippen molar-refractivity contribution in [2.45, 2.75) is 37.6 Å². The summed E-state index contributed by atoms with van der Waals surface area (Å²) < 4.78 is 17.1. The smallest absolute Gasteiger partial charge is 0.203 e. The first kappa shape index (κ1) is 12.6. The summed E-state index contributed by atoms with van der Waals surface area (Å²) in [5, 5.41) is 0. The fourth-order valence-electron chi connectivity index (χ4n) is 3.08. The molecule has 0 atom stereocenters. The zero-order valence-corrected chi connectivity index (χ0v) is 11.4. The van der Waals surface area contributed by atoms with Crippen molar-refractivity contribution in [3.63, 3.8) is 0 Å². The summed E-state index contributed by atoms with van der Waals surface area (Å²) in [6.45, 7) is 1.34. The van der Waals surface area contributed by atoms with Crippen LogP contribution < -0.4 is 19.9 Å². The molecule has 3 rings (SSSR count). The Hall–Kier alpha value is -1.42. The van der Waals surface area contributed by atoms with Gasteiger partial charge in [-0.3, -0.25) is 0 Å². The molecule has 4 nitrogen and oxygen atoms in total. The van der Waals surface area contributed by atoms with Crippen LogP contribution in [0.25, 0.3) is 0 Å². The Kier molecular flexibility index (Phi) is 3.27. The maximum Gasteiger partial charge on any atom is 0.203 e. The van der Waals surface area contributed by atoms with Crippen LogP contribution >= 0.6 is 0 Å². The van der Waals surface area contributed by atoms with Crippen LogP contribution in [0.2, 0.25) is 0 Å². The highest BCUT2D eigenvalue weighted by atomic mass is 16.5. The van der Waals surface area contributed by atoms with E-state index in [1.54, 1.807) is 7.11 Å². The predicted molar refractivity (Wildman–Crippen MR) is 72.9 cm³/mol. The predicted octanol–water partition coefficient (Wildman–Crippen LogP) is 2.58. The molecule has 0 bridgehead atoms. The summed E-state index contributed by atoms with van der Waals surface area (Å²) in [5.41, 5.74) is 7.32. The Balaban J connectivity index is 2.08. The molecule has 104 valence electrons. The largest absolute Gasteiger partial charge is 0.492 e. The molecule has 1 aromatic carbocycles. The van der Waals surface area contributed by atoms with E-state index in [-0.39, 0.29) is 5.54 Å². The van der Waals surface area contributed by atoms with Gasteiger partial charge >= 0.3 is 0 Å². The standard InChI is InChI=1S/C15H21NO3/c1-17-13-11(15(16)7-2-3-8-15)5-6-12-14(13)19-10-4-9-18-12/h5-6H,2-4,7-10,16H2,1H3. The molecule has 1 saturated carbocycles. The van der Waals surface area contributed by atoms with Gasteiger partial charge < -0.3 is 19.9 Å². The van der Waals surface area contributed by atoms with Crippen LogP contribution in [0.3, 0.4) is 0 Å². The number of hydrogen-bond donors (Lipinski definition) is 1. The molecule has 1 aromatic rings. The van der Waals surface area contributed by atoms with Crippen LogP contribution in [0.4, 0.5) is 0 Å². The molecular formula is C15H21NO3. The summed E-state index contributed by atoms with van der Waals surface area (Å²) in [6.07, 6.45) is 5.25. The minimum absolute atomic E-state index is 0.282. The van der Waals surface area contributed by atoms with Crippen molar-refractivity contribution in [1.82, 2.24) is 0 Å². The lowest BCUT2D eigenvalue weighted by Gasteiger charge is -2.27. The summed E-state index contributed by atoms with van der Waals surface area (Å²) in [5.74, 6) is 2.23. The maximum absolute atomic E-state index is 6.55. The zero-order chi connectivity index (χ0) is 13.3. The lowest BCUT2D eigenvalue weighted by Crippen LogP contribution is -2.33. The van der Waals surface area contributed by atoms with E-state index in [0.29, 0.717) is 19.0 Å². The highest BCUT2D eigenvalue weighted by molar-refractivity contribution is 5.58. The number of benzene rings is 1. The molecule has 4 heteroatoms. The molecule has 1 heterocycles. The van der Waals surface area contributed by atoms with Gasteiger partial charge in [-0.1, -0.05) is 12.8 Å². The van der Waals surface area contributed by atoms with E-state index in [9.17, 15) is 0 Å². The SMILES string of the molecule is COc1c(C2(N)CCCC2)ccc2c1OCCCO2. The van der Waals surface area contributed by atoms with Crippen LogP contribution in [0.1, 0.15) is 37.7 Å². The van der Waals surface area contributed by atoms with Crippen molar-refractivity contribution in [2.24, 2.45) is 5.73 Å². The van der Waals surface area contributed by atoms with Gasteiger partial charge in [-0.2, -0.15) is 0 Å². The molecule has 1 aliphatic heterocycles. The average Bonchev–Trinajstić information content (AvgIpc) is 2.73. The van der Waals surface area contributed by atoms with E-state index in [2.05, 4.69) is 0 Å². The van der Waals surface area contributed by atoms with Crippen LogP contribution in [-0.4, -0.2) is 20.3 Å². The van der Waals surface area contributed by atoms with Gasteiger partial charge in [-0.15, -0.1) is 0 Å². The number of ether oxygens (including phenoxy) is 3. The molecule has 0 radical (unpaired) electrons. The van der Waals surface area contributed by atoms with Crippen LogP contribution in [0, 0.1) is 0 Å². The van der Waals surface area contributed by atoms with Crippen molar-refractivity contribution in [2.75, 3.05) is 20.3 Å². The third-order valence-electron chi connectivity index (χ3n) is 4.10. The Morgan fingerprint density at radius 3 is 2.58 bits per heavy atom. The van der Waals surface area contributed by atoms with Gasteiger partial charge in [0.1, 0.15) is 0 Å². The number of fused-ring (bicyclic) bond motifs is 1. The third-order valence-corrected chi connectivity index (χ3v) is 4.10. The summed E-state index contributed by atoms with van der Waals surface area (Å²) in [4.78, 5) is 0. The van der Waals surface area contributed by atoms with Gasteiger partial charge in [0.25, 0.3) is 0 Å². The minimum atomic E-state index is -0.282. The van der Waals surface area contributed by atoms with Crippen molar-refractivity contribution in [1.29, 1.82) is 0 Å². The Morgan fingerprint density at radius 2 is 1.84 bits per heavy atom. The normalized spacial score (nSPS) is 20.9. The van der Waals surface area contributed by atoms with E-state index >= 15 is 0 Å². The molecule has 19 heavy (non-hydrogen) atoms. The molecule has 2 aliphatic rings. The Labute approximate surface area is 113 Å². The van der Waals surface area contributed by atoms with Crippen LogP contribution in [-0.2, 0) is 5.54 Å². The van der Waals surface area contributed by atoms with Gasteiger partial charge in [-0.25, -0.2) is 0 Å². The maximum atomic E-state index is 6.55. The topological polar surface area (TPSA) is 53.7 Å². The van der Waals surface area contributed by atoms with E-state index in [4.69, 9.17) is 19.9 Å². The van der Waals surface area contributed by atoms with E-state index in [0.717, 1.165) is 36.3 Å². The van der Waals surface area contributed by atoms with Gasteiger partial charge in [0.05, 0.1) is 20.3 Å². The lowest BCUT2D eigenvalue weighted by molar-refractivity contribution is 0.286. The minimum Gasteiger partial charge on any atom is -0.492 e. The van der Waals surface area contributed by atoms with E-state index in [1.807, 2.05) is 12.1 Å². The second-order valence-corrected chi connectivity index (χ2v) is 5.39. The second-order valence-electron chi connectivity index (χ2n) is 5.39. The summed E-state index contributed by atoms with van der Waals surface area (Å²) >= 11 is 0. The number of nitrogens with two attached hydrogens (primary N) is 1. The first-order valence-electron chi connectivity index (χ1n) is 7.00. The summed E-state index contributed by atoms with van der Waals surface area (Å²) in [6, 6.07) is 4.00. The first-order valence-corrected chi connectivity index (χ1v) is 7.00. The second kappa shape index (κ2) is 4.93. The lowest BCUT2D eigenvalue weighted by atomic mass is 9.88. The highest BCUT2D eigenvalue weighted by Crippen LogP contribution is 2.48. The highest BCUT2D eigenvalue weighted by Gasteiger charge is 2.36. The van der Waals surface area contributed by atoms with E-state index in [1.165, 1.54) is 12.8 Å². The number of rotatable bonds is 2. The first-order chi connectivity index (χ1) is 9.24. The van der Waals surface area contributed by atoms with Gasteiger partial charge in [-0.05, 0) is 25.0 Å². The Morgan fingerprint density at radius 1 is 1.11 bits per heavy atom. The molecule has 0 spiro atoms. The monoisotopic (exact) mass is 263 g/mol. The fourth-order valence-corrected chi connectivity index (χ4v) is 3.08. The fraction of sp³-hybridized carbons (Fsp3) is 0.600. The molecule has 2 N–H and O–H groups in total. The zero-order valence-electron chi connectivity index (χ0n) is 11.4. The van der Waals surface area contributed by atoms with E-state index < -0.39 is 0 Å². The van der Waals surface area contributed by atoms with Gasteiger partial charge in [0, 0.05) is 17.5 Å². The molecule has 0 amide bonds. The quantitative estimate of drug-likeness (QED) is 0.891.